The van der Waals surface area contributed by atoms with Crippen LogP contribution in [0.2, 0.25) is 0 Å². The van der Waals surface area contributed by atoms with Gasteiger partial charge in [0, 0.05) is 49.2 Å². The maximum absolute atomic E-state index is 4.62. The first-order valence-corrected chi connectivity index (χ1v) is 9.53. The first-order chi connectivity index (χ1) is 11.8. The fourth-order valence-electron chi connectivity index (χ4n) is 3.49. The van der Waals surface area contributed by atoms with E-state index < -0.39 is 0 Å². The number of thiazole rings is 1. The van der Waals surface area contributed by atoms with E-state index in [1.165, 1.54) is 16.3 Å². The lowest BCUT2D eigenvalue weighted by atomic mass is 10.1. The van der Waals surface area contributed by atoms with Crippen molar-refractivity contribution in [1.82, 2.24) is 19.9 Å². The van der Waals surface area contributed by atoms with Crippen molar-refractivity contribution in [1.29, 1.82) is 0 Å². The molecular weight excluding hydrogens is 318 g/mol. The van der Waals surface area contributed by atoms with Gasteiger partial charge in [-0.2, -0.15) is 0 Å². The zero-order valence-corrected chi connectivity index (χ0v) is 14.9. The third kappa shape index (κ3) is 3.35. The predicted octanol–water partition coefficient (Wildman–Crippen LogP) is 2.61. The van der Waals surface area contributed by atoms with Crippen LogP contribution in [0.1, 0.15) is 28.4 Å². The maximum atomic E-state index is 4.62. The van der Waals surface area contributed by atoms with Crippen LogP contribution in [-0.2, 0) is 19.4 Å². The summed E-state index contributed by atoms with van der Waals surface area (Å²) in [6, 6.07) is 0. The van der Waals surface area contributed by atoms with Gasteiger partial charge in [0.15, 0.2) is 0 Å². The largest absolute Gasteiger partial charge is 0.352 e. The average Bonchev–Trinajstić information content (AvgIpc) is 2.91. The first-order valence-electron chi connectivity index (χ1n) is 8.65. The van der Waals surface area contributed by atoms with Gasteiger partial charge in [0.25, 0.3) is 0 Å². The average molecular weight is 341 g/mol. The molecule has 2 aliphatic heterocycles. The van der Waals surface area contributed by atoms with E-state index >= 15 is 0 Å². The molecule has 6 heteroatoms. The molecule has 0 spiro atoms. The normalized spacial score (nSPS) is 18.5. The van der Waals surface area contributed by atoms with Crippen LogP contribution in [0.15, 0.2) is 23.9 Å². The van der Waals surface area contributed by atoms with Gasteiger partial charge in [-0.15, -0.1) is 11.3 Å². The monoisotopic (exact) mass is 341 g/mol. The van der Waals surface area contributed by atoms with Crippen molar-refractivity contribution in [2.24, 2.45) is 0 Å². The fraction of sp³-hybridized carbons (Fsp3) is 0.500. The van der Waals surface area contributed by atoms with E-state index in [1.54, 1.807) is 17.7 Å². The molecule has 0 radical (unpaired) electrons. The van der Waals surface area contributed by atoms with Gasteiger partial charge in [0.1, 0.15) is 17.2 Å². The van der Waals surface area contributed by atoms with E-state index in [0.29, 0.717) is 0 Å². The molecule has 0 aromatic carbocycles. The molecular formula is C18H23N5S. The summed E-state index contributed by atoms with van der Waals surface area (Å²) in [5.41, 5.74) is 3.71. The van der Waals surface area contributed by atoms with Gasteiger partial charge >= 0.3 is 0 Å². The number of anilines is 1. The lowest BCUT2D eigenvalue weighted by molar-refractivity contribution is 0.278. The van der Waals surface area contributed by atoms with Crippen molar-refractivity contribution in [2.75, 3.05) is 31.1 Å². The predicted molar refractivity (Wildman–Crippen MR) is 97.5 cm³/mol. The molecule has 0 atom stereocenters. The summed E-state index contributed by atoms with van der Waals surface area (Å²) in [6.07, 6.45) is 9.37. The Morgan fingerprint density at radius 2 is 2.04 bits per heavy atom. The lowest BCUT2D eigenvalue weighted by Gasteiger charge is -2.27. The van der Waals surface area contributed by atoms with Crippen LogP contribution in [0.25, 0.3) is 0 Å². The summed E-state index contributed by atoms with van der Waals surface area (Å²) in [7, 11) is 0. The Hall–Kier alpha value is -1.79. The minimum absolute atomic E-state index is 0.946. The van der Waals surface area contributed by atoms with Crippen molar-refractivity contribution in [3.05, 3.63) is 45.8 Å². The standard InChI is InChI=1S/C18H23N5S/c1-14-12-24-17(21-14)11-22-9-5-15-16(6-10-22)19-13-20-18(15)23-7-3-2-4-8-23/h2-3,12-13H,4-11H2,1H3. The second-order valence-electron chi connectivity index (χ2n) is 6.49. The zero-order chi connectivity index (χ0) is 16.4. The summed E-state index contributed by atoms with van der Waals surface area (Å²) >= 11 is 1.76. The maximum Gasteiger partial charge on any atom is 0.135 e. The van der Waals surface area contributed by atoms with Crippen molar-refractivity contribution in [3.8, 4) is 0 Å². The Balaban J connectivity index is 1.51. The topological polar surface area (TPSA) is 45.2 Å². The number of hydrogen-bond acceptors (Lipinski definition) is 6. The third-order valence-corrected chi connectivity index (χ3v) is 5.69. The fourth-order valence-corrected chi connectivity index (χ4v) is 4.30. The van der Waals surface area contributed by atoms with Gasteiger partial charge in [0.05, 0.1) is 12.2 Å². The van der Waals surface area contributed by atoms with E-state index in [1.807, 2.05) is 0 Å². The molecule has 0 saturated carbocycles. The number of aromatic nitrogens is 3. The Labute approximate surface area is 147 Å². The van der Waals surface area contributed by atoms with Gasteiger partial charge in [0.2, 0.25) is 0 Å². The highest BCUT2D eigenvalue weighted by Gasteiger charge is 2.22. The second kappa shape index (κ2) is 6.99. The van der Waals surface area contributed by atoms with Crippen molar-refractivity contribution in [2.45, 2.75) is 32.7 Å². The SMILES string of the molecule is Cc1csc(CN2CCc3ncnc(N4CC=CCC4)c3CC2)n1. The Morgan fingerprint density at radius 3 is 2.83 bits per heavy atom. The van der Waals surface area contributed by atoms with Crippen LogP contribution in [0.4, 0.5) is 5.82 Å². The molecule has 24 heavy (non-hydrogen) atoms. The zero-order valence-electron chi connectivity index (χ0n) is 14.1. The van der Waals surface area contributed by atoms with Gasteiger partial charge in [-0.25, -0.2) is 15.0 Å². The number of nitrogens with zero attached hydrogens (tertiary/aromatic N) is 5. The molecule has 5 nitrogen and oxygen atoms in total. The highest BCUT2D eigenvalue weighted by atomic mass is 32.1. The molecule has 4 rings (SSSR count). The van der Waals surface area contributed by atoms with E-state index in [4.69, 9.17) is 0 Å². The van der Waals surface area contributed by atoms with Crippen molar-refractivity contribution < 1.29 is 0 Å². The van der Waals surface area contributed by atoms with E-state index in [9.17, 15) is 0 Å². The molecule has 2 aromatic rings. The molecule has 0 saturated heterocycles. The highest BCUT2D eigenvalue weighted by Crippen LogP contribution is 2.25. The molecule has 0 fully saturated rings. The molecule has 0 aliphatic carbocycles. The molecule has 0 N–H and O–H groups in total. The Morgan fingerprint density at radius 1 is 1.12 bits per heavy atom. The molecule has 2 aromatic heterocycles. The van der Waals surface area contributed by atoms with Crippen LogP contribution < -0.4 is 4.90 Å². The van der Waals surface area contributed by atoms with Crippen LogP contribution in [-0.4, -0.2) is 46.0 Å². The molecule has 2 aliphatic rings. The minimum Gasteiger partial charge on any atom is -0.352 e. The Kier molecular flexibility index (Phi) is 4.58. The summed E-state index contributed by atoms with van der Waals surface area (Å²) in [5, 5.41) is 3.35. The number of rotatable bonds is 3. The highest BCUT2D eigenvalue weighted by molar-refractivity contribution is 7.09. The molecule has 126 valence electrons. The molecule has 4 heterocycles. The first kappa shape index (κ1) is 15.7. The smallest absolute Gasteiger partial charge is 0.135 e. The van der Waals surface area contributed by atoms with Crippen LogP contribution in [0, 0.1) is 6.92 Å². The molecule has 0 bridgehead atoms. The number of hydrogen-bond donors (Lipinski definition) is 0. The number of aryl methyl sites for hydroxylation is 1. The lowest BCUT2D eigenvalue weighted by Crippen LogP contribution is -2.29. The third-order valence-electron chi connectivity index (χ3n) is 4.74. The quantitative estimate of drug-likeness (QED) is 0.803. The number of fused-ring (bicyclic) bond motifs is 1. The summed E-state index contributed by atoms with van der Waals surface area (Å²) in [6.45, 7) is 7.13. The summed E-state index contributed by atoms with van der Waals surface area (Å²) in [4.78, 5) is 18.7. The van der Waals surface area contributed by atoms with Gasteiger partial charge in [-0.1, -0.05) is 12.2 Å². The van der Waals surface area contributed by atoms with Gasteiger partial charge in [-0.05, 0) is 19.8 Å². The summed E-state index contributed by atoms with van der Waals surface area (Å²) in [5.74, 6) is 1.15. The van der Waals surface area contributed by atoms with E-state index in [2.05, 4.69) is 49.2 Å². The van der Waals surface area contributed by atoms with Crippen LogP contribution in [0.5, 0.6) is 0 Å². The van der Waals surface area contributed by atoms with Crippen molar-refractivity contribution in [3.63, 3.8) is 0 Å². The van der Waals surface area contributed by atoms with Crippen LogP contribution in [0.3, 0.4) is 0 Å². The minimum atomic E-state index is 0.946. The van der Waals surface area contributed by atoms with Gasteiger partial charge in [-0.3, -0.25) is 4.90 Å². The molecule has 0 unspecified atom stereocenters. The van der Waals surface area contributed by atoms with Crippen LogP contribution >= 0.6 is 11.3 Å². The molecule has 0 amide bonds. The second-order valence-corrected chi connectivity index (χ2v) is 7.43. The van der Waals surface area contributed by atoms with Crippen molar-refractivity contribution >= 4 is 17.2 Å². The van der Waals surface area contributed by atoms with Gasteiger partial charge < -0.3 is 4.90 Å². The summed E-state index contributed by atoms with van der Waals surface area (Å²) < 4.78 is 0. The Bertz CT molecular complexity index is 739. The van der Waals surface area contributed by atoms with E-state index in [-0.39, 0.29) is 0 Å². The van der Waals surface area contributed by atoms with E-state index in [0.717, 1.165) is 63.5 Å².